The van der Waals surface area contributed by atoms with Crippen molar-refractivity contribution in [1.29, 1.82) is 0 Å². The van der Waals surface area contributed by atoms with Crippen LogP contribution in [0.4, 0.5) is 0 Å². The van der Waals surface area contributed by atoms with Crippen molar-refractivity contribution in [3.8, 4) is 0 Å². The van der Waals surface area contributed by atoms with Gasteiger partial charge in [-0.3, -0.25) is 9.59 Å². The van der Waals surface area contributed by atoms with Gasteiger partial charge in [0.25, 0.3) is 5.91 Å². The van der Waals surface area contributed by atoms with Crippen LogP contribution < -0.4 is 0 Å². The first-order valence-corrected chi connectivity index (χ1v) is 7.45. The first-order valence-electron chi connectivity index (χ1n) is 7.45. The molecule has 22 heavy (non-hydrogen) atoms. The molecule has 0 saturated heterocycles. The van der Waals surface area contributed by atoms with Crippen molar-refractivity contribution in [3.63, 3.8) is 0 Å². The van der Waals surface area contributed by atoms with Gasteiger partial charge in [0.15, 0.2) is 11.5 Å². The number of aliphatic hydroxyl groups excluding tert-OH is 1. The van der Waals surface area contributed by atoms with E-state index < -0.39 is 17.7 Å². The first-order chi connectivity index (χ1) is 10.6. The van der Waals surface area contributed by atoms with Crippen LogP contribution >= 0.6 is 0 Å². The molecule has 118 valence electrons. The molecule has 1 atom stereocenters. The van der Waals surface area contributed by atoms with Crippen LogP contribution in [0.15, 0.2) is 41.7 Å². The highest BCUT2D eigenvalue weighted by molar-refractivity contribution is 6.08. The number of carbonyl (C=O) groups is 2. The maximum absolute atomic E-state index is 12.3. The van der Waals surface area contributed by atoms with Gasteiger partial charge in [0, 0.05) is 19.8 Å². The fraction of sp³-hybridized carbons (Fsp3) is 0.412. The molecule has 1 unspecified atom stereocenters. The molecule has 0 aromatic heterocycles. The summed E-state index contributed by atoms with van der Waals surface area (Å²) in [6.45, 7) is 4.88. The molecule has 1 aromatic carbocycles. The summed E-state index contributed by atoms with van der Waals surface area (Å²) in [6, 6.07) is 8.77. The summed E-state index contributed by atoms with van der Waals surface area (Å²) in [7, 11) is 0. The minimum atomic E-state index is -0.521. The number of hydrogen-bond acceptors (Lipinski definition) is 4. The Balaban J connectivity index is 2.28. The average molecular weight is 303 g/mol. The Labute approximate surface area is 130 Å². The number of ketones is 1. The summed E-state index contributed by atoms with van der Waals surface area (Å²) >= 11 is 0. The van der Waals surface area contributed by atoms with Crippen molar-refractivity contribution in [1.82, 2.24) is 4.90 Å². The van der Waals surface area contributed by atoms with E-state index in [1.807, 2.05) is 37.3 Å². The van der Waals surface area contributed by atoms with Crippen molar-refractivity contribution in [2.75, 3.05) is 19.8 Å². The monoisotopic (exact) mass is 303 g/mol. The fourth-order valence-corrected chi connectivity index (χ4v) is 2.71. The molecule has 1 amide bonds. The number of amides is 1. The van der Waals surface area contributed by atoms with E-state index >= 15 is 0 Å². The van der Waals surface area contributed by atoms with Crippen LogP contribution in [-0.4, -0.2) is 41.5 Å². The lowest BCUT2D eigenvalue weighted by molar-refractivity contribution is -0.129. The van der Waals surface area contributed by atoms with E-state index in [0.29, 0.717) is 26.2 Å². The minimum Gasteiger partial charge on any atom is -0.503 e. The quantitative estimate of drug-likeness (QED) is 0.785. The van der Waals surface area contributed by atoms with Gasteiger partial charge in [-0.05, 0) is 25.8 Å². The summed E-state index contributed by atoms with van der Waals surface area (Å²) in [5.41, 5.74) is 0.995. The minimum absolute atomic E-state index is 0.174. The molecule has 1 aliphatic heterocycles. The van der Waals surface area contributed by atoms with Crippen LogP contribution in [0.25, 0.3) is 0 Å². The van der Waals surface area contributed by atoms with Crippen LogP contribution in [0.1, 0.15) is 31.9 Å². The Hall–Kier alpha value is -2.14. The zero-order chi connectivity index (χ0) is 16.1. The van der Waals surface area contributed by atoms with E-state index in [4.69, 9.17) is 4.74 Å². The summed E-state index contributed by atoms with van der Waals surface area (Å²) < 4.78 is 5.29. The van der Waals surface area contributed by atoms with Crippen LogP contribution in [0.5, 0.6) is 0 Å². The number of hydrogen-bond donors (Lipinski definition) is 1. The Morgan fingerprint density at radius 1 is 1.32 bits per heavy atom. The van der Waals surface area contributed by atoms with Crippen molar-refractivity contribution >= 4 is 11.7 Å². The van der Waals surface area contributed by atoms with Crippen molar-refractivity contribution in [2.45, 2.75) is 26.3 Å². The van der Waals surface area contributed by atoms with Gasteiger partial charge >= 0.3 is 0 Å². The standard InChI is InChI=1S/C17H21NO4/c1-3-22-11-7-10-18-15(13-8-5-4-6-9-13)14(12(2)19)16(20)17(18)21/h4-6,8-9,15,20H,3,7,10-11H2,1-2H3. The summed E-state index contributed by atoms with van der Waals surface area (Å²) in [5.74, 6) is -1.21. The number of rotatable bonds is 7. The van der Waals surface area contributed by atoms with Gasteiger partial charge in [-0.25, -0.2) is 0 Å². The zero-order valence-corrected chi connectivity index (χ0v) is 12.9. The van der Waals surface area contributed by atoms with E-state index in [-0.39, 0.29) is 11.4 Å². The Morgan fingerprint density at radius 3 is 2.59 bits per heavy atom. The topological polar surface area (TPSA) is 66.8 Å². The van der Waals surface area contributed by atoms with Crippen LogP contribution in [-0.2, 0) is 14.3 Å². The smallest absolute Gasteiger partial charge is 0.290 e. The van der Waals surface area contributed by atoms with Gasteiger partial charge in [0.05, 0.1) is 11.6 Å². The molecule has 0 spiro atoms. The predicted octanol–water partition coefficient (Wildman–Crippen LogP) is 2.40. The molecule has 0 saturated carbocycles. The molecule has 1 heterocycles. The molecule has 0 bridgehead atoms. The Morgan fingerprint density at radius 2 is 2.00 bits per heavy atom. The Bertz CT molecular complexity index is 580. The average Bonchev–Trinajstić information content (AvgIpc) is 2.77. The SMILES string of the molecule is CCOCCCN1C(=O)C(O)=C(C(C)=O)C1c1ccccc1. The molecular weight excluding hydrogens is 282 g/mol. The molecule has 1 aromatic rings. The molecule has 0 radical (unpaired) electrons. The van der Waals surface area contributed by atoms with Crippen LogP contribution in [0.2, 0.25) is 0 Å². The lowest BCUT2D eigenvalue weighted by Gasteiger charge is -2.26. The van der Waals surface area contributed by atoms with E-state index in [1.54, 1.807) is 4.90 Å². The molecule has 5 heteroatoms. The molecule has 0 fully saturated rings. The highest BCUT2D eigenvalue weighted by Crippen LogP contribution is 2.37. The van der Waals surface area contributed by atoms with Crippen molar-refractivity contribution < 1.29 is 19.4 Å². The molecule has 1 N–H and O–H groups in total. The number of carbonyl (C=O) groups excluding carboxylic acids is 2. The van der Waals surface area contributed by atoms with Gasteiger partial charge in [-0.15, -0.1) is 0 Å². The normalized spacial score (nSPS) is 18.2. The number of benzene rings is 1. The highest BCUT2D eigenvalue weighted by atomic mass is 16.5. The van der Waals surface area contributed by atoms with Crippen molar-refractivity contribution in [2.24, 2.45) is 0 Å². The van der Waals surface area contributed by atoms with Gasteiger partial charge in [-0.1, -0.05) is 30.3 Å². The van der Waals surface area contributed by atoms with Gasteiger partial charge in [-0.2, -0.15) is 0 Å². The number of ether oxygens (including phenoxy) is 1. The molecule has 1 aliphatic rings. The third kappa shape index (κ3) is 3.20. The van der Waals surface area contributed by atoms with E-state index in [1.165, 1.54) is 6.92 Å². The molecule has 0 aliphatic carbocycles. The van der Waals surface area contributed by atoms with Crippen molar-refractivity contribution in [3.05, 3.63) is 47.2 Å². The van der Waals surface area contributed by atoms with E-state index in [9.17, 15) is 14.7 Å². The summed E-state index contributed by atoms with van der Waals surface area (Å²) in [4.78, 5) is 25.7. The third-order valence-corrected chi connectivity index (χ3v) is 3.69. The van der Waals surface area contributed by atoms with Crippen LogP contribution in [0, 0.1) is 0 Å². The van der Waals surface area contributed by atoms with Gasteiger partial charge in [0.1, 0.15) is 0 Å². The zero-order valence-electron chi connectivity index (χ0n) is 12.9. The lowest BCUT2D eigenvalue weighted by Crippen LogP contribution is -2.32. The second kappa shape index (κ2) is 7.22. The molecule has 2 rings (SSSR count). The molecular formula is C17H21NO4. The second-order valence-electron chi connectivity index (χ2n) is 5.18. The fourth-order valence-electron chi connectivity index (χ4n) is 2.71. The summed E-state index contributed by atoms with van der Waals surface area (Å²) in [6.07, 6.45) is 0.654. The summed E-state index contributed by atoms with van der Waals surface area (Å²) in [5, 5.41) is 10.1. The van der Waals surface area contributed by atoms with E-state index in [0.717, 1.165) is 5.56 Å². The second-order valence-corrected chi connectivity index (χ2v) is 5.18. The Kier molecular flexibility index (Phi) is 5.33. The molecule has 5 nitrogen and oxygen atoms in total. The number of aliphatic hydroxyl groups is 1. The van der Waals surface area contributed by atoms with Gasteiger partial charge in [0.2, 0.25) is 0 Å². The van der Waals surface area contributed by atoms with Crippen LogP contribution in [0.3, 0.4) is 0 Å². The maximum Gasteiger partial charge on any atom is 0.290 e. The van der Waals surface area contributed by atoms with E-state index in [2.05, 4.69) is 0 Å². The maximum atomic E-state index is 12.3. The highest BCUT2D eigenvalue weighted by Gasteiger charge is 2.41. The van der Waals surface area contributed by atoms with Gasteiger partial charge < -0.3 is 14.7 Å². The predicted molar refractivity (Wildman–Crippen MR) is 82.3 cm³/mol. The third-order valence-electron chi connectivity index (χ3n) is 3.69. The number of nitrogens with zero attached hydrogens (tertiary/aromatic N) is 1. The number of Topliss-reactive ketones (excluding diaryl/α,β-unsaturated/α-hetero) is 1. The largest absolute Gasteiger partial charge is 0.503 e. The first kappa shape index (κ1) is 16.2. The lowest BCUT2D eigenvalue weighted by atomic mass is 9.97.